The van der Waals surface area contributed by atoms with E-state index in [0.29, 0.717) is 0 Å². The van der Waals surface area contributed by atoms with Crippen molar-refractivity contribution in [1.29, 1.82) is 0 Å². The molecule has 0 aliphatic carbocycles. The molecule has 0 fully saturated rings. The number of carbonyl (C=O) groups excluding carboxylic acids is 1. The lowest BCUT2D eigenvalue weighted by Crippen LogP contribution is -2.20. The lowest BCUT2D eigenvalue weighted by molar-refractivity contribution is -0.161. The Morgan fingerprint density at radius 3 is 2.56 bits per heavy atom. The Bertz CT molecular complexity index is 411. The minimum Gasteiger partial charge on any atom is -0.452 e. The molecule has 4 nitrogen and oxygen atoms in total. The molecular weight excluding hydrogens is 272 g/mol. The van der Waals surface area contributed by atoms with Crippen molar-refractivity contribution < 1.29 is 22.7 Å². The van der Waals surface area contributed by atoms with Gasteiger partial charge in [0, 0.05) is 6.20 Å². The van der Waals surface area contributed by atoms with Gasteiger partial charge >= 0.3 is 12.1 Å². The molecule has 16 heavy (non-hydrogen) atoms. The zero-order chi connectivity index (χ0) is 12.3. The van der Waals surface area contributed by atoms with Crippen LogP contribution < -0.4 is 0 Å². The quantitative estimate of drug-likeness (QED) is 0.472. The van der Waals surface area contributed by atoms with E-state index in [9.17, 15) is 18.0 Å². The summed E-state index contributed by atoms with van der Waals surface area (Å²) in [4.78, 5) is 17.9. The molecule has 0 aliphatic heterocycles. The molecule has 1 heterocycles. The highest BCUT2D eigenvalue weighted by molar-refractivity contribution is 6.33. The standard InChI is InChI=1S/C7H3Cl2F3N2O2/c8-4-3(1-13-6(9)14-4)5(15)16-2-7(10,11)12/h1H,2H2. The van der Waals surface area contributed by atoms with Crippen LogP contribution in [0.4, 0.5) is 13.2 Å². The zero-order valence-corrected chi connectivity index (χ0v) is 8.90. The van der Waals surface area contributed by atoms with Crippen LogP contribution >= 0.6 is 23.2 Å². The Morgan fingerprint density at radius 1 is 1.44 bits per heavy atom. The molecule has 0 radical (unpaired) electrons. The summed E-state index contributed by atoms with van der Waals surface area (Å²) in [6.45, 7) is -1.70. The van der Waals surface area contributed by atoms with E-state index in [1.807, 2.05) is 0 Å². The average Bonchev–Trinajstić information content (AvgIpc) is 2.13. The first-order valence-electron chi connectivity index (χ1n) is 3.71. The van der Waals surface area contributed by atoms with E-state index in [2.05, 4.69) is 14.7 Å². The topological polar surface area (TPSA) is 52.1 Å². The molecule has 9 heteroatoms. The smallest absolute Gasteiger partial charge is 0.422 e. The molecule has 0 aromatic carbocycles. The number of halogens is 5. The summed E-state index contributed by atoms with van der Waals surface area (Å²) in [5.41, 5.74) is -0.379. The van der Waals surface area contributed by atoms with Gasteiger partial charge in [-0.1, -0.05) is 11.6 Å². The Kier molecular flexibility index (Phi) is 3.93. The van der Waals surface area contributed by atoms with Gasteiger partial charge in [-0.3, -0.25) is 0 Å². The Hall–Kier alpha value is -1.08. The highest BCUT2D eigenvalue weighted by atomic mass is 35.5. The van der Waals surface area contributed by atoms with Crippen LogP contribution in [-0.2, 0) is 4.74 Å². The number of aromatic nitrogens is 2. The van der Waals surface area contributed by atoms with Gasteiger partial charge in [-0.25, -0.2) is 14.8 Å². The summed E-state index contributed by atoms with van der Waals surface area (Å²) in [6, 6.07) is 0. The predicted molar refractivity (Wildman–Crippen MR) is 48.4 cm³/mol. The highest BCUT2D eigenvalue weighted by Gasteiger charge is 2.30. The van der Waals surface area contributed by atoms with Gasteiger partial charge in [0.15, 0.2) is 6.61 Å². The van der Waals surface area contributed by atoms with Crippen LogP contribution in [0.1, 0.15) is 10.4 Å². The van der Waals surface area contributed by atoms with Crippen LogP contribution in [0.3, 0.4) is 0 Å². The molecule has 0 atom stereocenters. The van der Waals surface area contributed by atoms with Gasteiger partial charge in [0.1, 0.15) is 10.7 Å². The van der Waals surface area contributed by atoms with Crippen molar-refractivity contribution in [3.05, 3.63) is 22.2 Å². The van der Waals surface area contributed by atoms with E-state index in [1.165, 1.54) is 0 Å². The van der Waals surface area contributed by atoms with Gasteiger partial charge in [0.25, 0.3) is 0 Å². The normalized spacial score (nSPS) is 11.3. The maximum absolute atomic E-state index is 11.7. The second kappa shape index (κ2) is 4.84. The number of rotatable bonds is 2. The van der Waals surface area contributed by atoms with Crippen LogP contribution in [0.25, 0.3) is 0 Å². The number of nitrogens with zero attached hydrogens (tertiary/aromatic N) is 2. The molecular formula is C7H3Cl2F3N2O2. The molecule has 88 valence electrons. The lowest BCUT2D eigenvalue weighted by atomic mass is 10.3. The van der Waals surface area contributed by atoms with Crippen molar-refractivity contribution in [3.8, 4) is 0 Å². The van der Waals surface area contributed by atoms with Crippen LogP contribution in [0.5, 0.6) is 0 Å². The molecule has 0 amide bonds. The lowest BCUT2D eigenvalue weighted by Gasteiger charge is -2.07. The van der Waals surface area contributed by atoms with Crippen molar-refractivity contribution in [1.82, 2.24) is 9.97 Å². The molecule has 0 bridgehead atoms. The van der Waals surface area contributed by atoms with E-state index < -0.39 is 18.8 Å². The number of ether oxygens (including phenoxy) is 1. The number of carbonyl (C=O) groups is 1. The minimum absolute atomic E-state index is 0.225. The van der Waals surface area contributed by atoms with E-state index >= 15 is 0 Å². The number of esters is 1. The monoisotopic (exact) mass is 274 g/mol. The van der Waals surface area contributed by atoms with Crippen LogP contribution in [-0.4, -0.2) is 28.7 Å². The maximum atomic E-state index is 11.7. The molecule has 0 saturated carbocycles. The van der Waals surface area contributed by atoms with Gasteiger partial charge < -0.3 is 4.74 Å². The van der Waals surface area contributed by atoms with Gasteiger partial charge in [-0.05, 0) is 11.6 Å². The first-order valence-corrected chi connectivity index (χ1v) is 4.47. The van der Waals surface area contributed by atoms with Crippen LogP contribution in [0.15, 0.2) is 6.20 Å². The summed E-state index contributed by atoms with van der Waals surface area (Å²) in [6.07, 6.45) is -3.72. The first kappa shape index (κ1) is 13.0. The van der Waals surface area contributed by atoms with Gasteiger partial charge in [-0.2, -0.15) is 13.2 Å². The van der Waals surface area contributed by atoms with Gasteiger partial charge in [0.05, 0.1) is 0 Å². The fourth-order valence-electron chi connectivity index (χ4n) is 0.703. The Morgan fingerprint density at radius 2 is 2.06 bits per heavy atom. The van der Waals surface area contributed by atoms with Gasteiger partial charge in [0.2, 0.25) is 5.28 Å². The largest absolute Gasteiger partial charge is 0.452 e. The summed E-state index contributed by atoms with van der Waals surface area (Å²) in [5, 5.41) is -0.593. The third kappa shape index (κ3) is 3.82. The molecule has 1 rings (SSSR count). The van der Waals surface area contributed by atoms with Crippen molar-refractivity contribution in [2.45, 2.75) is 6.18 Å². The molecule has 0 aliphatic rings. The SMILES string of the molecule is O=C(OCC(F)(F)F)c1cnc(Cl)nc1Cl. The van der Waals surface area contributed by atoms with E-state index in [0.717, 1.165) is 6.20 Å². The van der Waals surface area contributed by atoms with E-state index in [1.54, 1.807) is 0 Å². The molecule has 0 unspecified atom stereocenters. The fourth-order valence-corrected chi connectivity index (χ4v) is 1.09. The molecule has 0 N–H and O–H groups in total. The number of hydrogen-bond donors (Lipinski definition) is 0. The van der Waals surface area contributed by atoms with E-state index in [4.69, 9.17) is 23.2 Å². The van der Waals surface area contributed by atoms with Crippen LogP contribution in [0, 0.1) is 0 Å². The molecule has 0 spiro atoms. The minimum atomic E-state index is -4.60. The maximum Gasteiger partial charge on any atom is 0.422 e. The second-order valence-corrected chi connectivity index (χ2v) is 3.23. The third-order valence-corrected chi connectivity index (χ3v) is 1.77. The Balaban J connectivity index is 2.74. The summed E-state index contributed by atoms with van der Waals surface area (Å²) in [7, 11) is 0. The average molecular weight is 275 g/mol. The van der Waals surface area contributed by atoms with Crippen molar-refractivity contribution >= 4 is 29.2 Å². The Labute approximate surface area is 97.3 Å². The molecule has 0 saturated heterocycles. The molecule has 1 aromatic rings. The first-order chi connectivity index (χ1) is 7.29. The summed E-state index contributed by atoms with van der Waals surface area (Å²) >= 11 is 10.8. The fraction of sp³-hybridized carbons (Fsp3) is 0.286. The summed E-state index contributed by atoms with van der Waals surface area (Å²) < 4.78 is 39.1. The third-order valence-electron chi connectivity index (χ3n) is 1.30. The number of hydrogen-bond acceptors (Lipinski definition) is 4. The van der Waals surface area contributed by atoms with Gasteiger partial charge in [-0.15, -0.1) is 0 Å². The van der Waals surface area contributed by atoms with Crippen LogP contribution in [0.2, 0.25) is 10.4 Å². The van der Waals surface area contributed by atoms with Crippen molar-refractivity contribution in [3.63, 3.8) is 0 Å². The second-order valence-electron chi connectivity index (χ2n) is 2.53. The summed E-state index contributed by atoms with van der Waals surface area (Å²) in [5.74, 6) is -1.26. The van der Waals surface area contributed by atoms with Crippen molar-refractivity contribution in [2.75, 3.05) is 6.61 Å². The zero-order valence-electron chi connectivity index (χ0n) is 7.39. The van der Waals surface area contributed by atoms with Crippen molar-refractivity contribution in [2.24, 2.45) is 0 Å². The highest BCUT2D eigenvalue weighted by Crippen LogP contribution is 2.18. The van der Waals surface area contributed by atoms with E-state index in [-0.39, 0.29) is 16.0 Å². The number of alkyl halides is 3. The molecule has 1 aromatic heterocycles. The predicted octanol–water partition coefficient (Wildman–Crippen LogP) is 2.50.